The highest BCUT2D eigenvalue weighted by atomic mass is 16.5. The molecule has 4 heteroatoms. The first-order valence-corrected chi connectivity index (χ1v) is 5.77. The van der Waals surface area contributed by atoms with Crippen molar-refractivity contribution in [3.8, 4) is 0 Å². The Morgan fingerprint density at radius 2 is 2.11 bits per heavy atom. The number of aryl methyl sites for hydroxylation is 1. The molecule has 0 bridgehead atoms. The van der Waals surface area contributed by atoms with E-state index in [4.69, 9.17) is 5.11 Å². The van der Waals surface area contributed by atoms with Gasteiger partial charge in [0.15, 0.2) is 0 Å². The number of esters is 1. The van der Waals surface area contributed by atoms with Crippen molar-refractivity contribution in [2.24, 2.45) is 0 Å². The van der Waals surface area contributed by atoms with E-state index in [-0.39, 0.29) is 5.97 Å². The van der Waals surface area contributed by atoms with Crippen molar-refractivity contribution in [3.05, 3.63) is 41.0 Å². The molecule has 0 unspecified atom stereocenters. The summed E-state index contributed by atoms with van der Waals surface area (Å²) < 4.78 is 4.67. The van der Waals surface area contributed by atoms with Crippen molar-refractivity contribution in [2.45, 2.75) is 19.3 Å². The maximum absolute atomic E-state index is 11.4. The fourth-order valence-corrected chi connectivity index (χ4v) is 2.26. The van der Waals surface area contributed by atoms with Gasteiger partial charge in [0.2, 0.25) is 0 Å². The lowest BCUT2D eigenvalue weighted by Crippen LogP contribution is -2.07. The number of fused-ring (bicyclic) bond motifs is 1. The van der Waals surface area contributed by atoms with E-state index in [0.717, 1.165) is 36.0 Å². The molecule has 1 aromatic carbocycles. The van der Waals surface area contributed by atoms with Gasteiger partial charge in [-0.15, -0.1) is 0 Å². The Hall–Kier alpha value is -2.10. The highest BCUT2D eigenvalue weighted by Crippen LogP contribution is 2.31. The van der Waals surface area contributed by atoms with Crippen LogP contribution in [0.25, 0.3) is 5.57 Å². The summed E-state index contributed by atoms with van der Waals surface area (Å²) in [4.78, 5) is 22.2. The first-order valence-electron chi connectivity index (χ1n) is 5.77. The molecule has 2 rings (SSSR count). The minimum Gasteiger partial charge on any atom is -0.478 e. The predicted octanol–water partition coefficient (Wildman–Crippen LogP) is 2.28. The number of rotatable bonds is 2. The van der Waals surface area contributed by atoms with Gasteiger partial charge >= 0.3 is 11.9 Å². The molecule has 0 fully saturated rings. The topological polar surface area (TPSA) is 63.6 Å². The summed E-state index contributed by atoms with van der Waals surface area (Å²) in [6.45, 7) is 0. The van der Waals surface area contributed by atoms with Crippen LogP contribution in [0.2, 0.25) is 0 Å². The molecule has 0 atom stereocenters. The van der Waals surface area contributed by atoms with E-state index in [1.165, 1.54) is 13.2 Å². The van der Waals surface area contributed by atoms with E-state index in [0.29, 0.717) is 5.56 Å². The predicted molar refractivity (Wildman–Crippen MR) is 66.3 cm³/mol. The number of allylic oxidation sites excluding steroid dienone is 1. The van der Waals surface area contributed by atoms with Gasteiger partial charge in [-0.25, -0.2) is 9.59 Å². The number of carboxylic acid groups (broad SMARTS) is 1. The Balaban J connectivity index is 2.42. The van der Waals surface area contributed by atoms with Crippen molar-refractivity contribution in [2.75, 3.05) is 7.11 Å². The van der Waals surface area contributed by atoms with Crippen molar-refractivity contribution >= 4 is 17.5 Å². The van der Waals surface area contributed by atoms with Gasteiger partial charge in [0.05, 0.1) is 12.7 Å². The molecule has 4 nitrogen and oxygen atoms in total. The summed E-state index contributed by atoms with van der Waals surface area (Å²) in [5.41, 5.74) is 3.26. The molecule has 0 heterocycles. The van der Waals surface area contributed by atoms with E-state index >= 15 is 0 Å². The minimum atomic E-state index is -0.935. The number of hydrogen-bond donors (Lipinski definition) is 1. The van der Waals surface area contributed by atoms with Crippen LogP contribution < -0.4 is 0 Å². The van der Waals surface area contributed by atoms with Crippen molar-refractivity contribution in [1.82, 2.24) is 0 Å². The molecule has 0 spiro atoms. The van der Waals surface area contributed by atoms with Crippen LogP contribution in [0.15, 0.2) is 24.3 Å². The number of benzene rings is 1. The van der Waals surface area contributed by atoms with Gasteiger partial charge in [0, 0.05) is 6.08 Å². The summed E-state index contributed by atoms with van der Waals surface area (Å²) in [6.07, 6.45) is 3.76. The summed E-state index contributed by atoms with van der Waals surface area (Å²) >= 11 is 0. The van der Waals surface area contributed by atoms with Crippen molar-refractivity contribution in [3.63, 3.8) is 0 Å². The second-order valence-corrected chi connectivity index (χ2v) is 4.22. The lowest BCUT2D eigenvalue weighted by atomic mass is 9.86. The Bertz CT molecular complexity index is 529. The third-order valence-electron chi connectivity index (χ3n) is 3.06. The van der Waals surface area contributed by atoms with Crippen LogP contribution in [0.4, 0.5) is 0 Å². The van der Waals surface area contributed by atoms with E-state index in [1.54, 1.807) is 18.2 Å². The third kappa shape index (κ3) is 2.42. The van der Waals surface area contributed by atoms with Crippen LogP contribution in [0.3, 0.4) is 0 Å². The number of hydrogen-bond acceptors (Lipinski definition) is 3. The van der Waals surface area contributed by atoms with E-state index < -0.39 is 5.97 Å². The molecule has 1 aliphatic rings. The quantitative estimate of drug-likeness (QED) is 0.642. The van der Waals surface area contributed by atoms with Gasteiger partial charge < -0.3 is 9.84 Å². The lowest BCUT2D eigenvalue weighted by Gasteiger charge is -2.19. The number of ether oxygens (including phenoxy) is 1. The molecular weight excluding hydrogens is 232 g/mol. The maximum Gasteiger partial charge on any atom is 0.337 e. The van der Waals surface area contributed by atoms with Crippen LogP contribution in [0.5, 0.6) is 0 Å². The van der Waals surface area contributed by atoms with Gasteiger partial charge in [-0.1, -0.05) is 6.07 Å². The Kier molecular flexibility index (Phi) is 3.46. The second-order valence-electron chi connectivity index (χ2n) is 4.22. The monoisotopic (exact) mass is 246 g/mol. The first kappa shape index (κ1) is 12.4. The van der Waals surface area contributed by atoms with Crippen molar-refractivity contribution < 1.29 is 19.4 Å². The van der Waals surface area contributed by atoms with Gasteiger partial charge in [0.25, 0.3) is 0 Å². The second kappa shape index (κ2) is 5.04. The van der Waals surface area contributed by atoms with E-state index in [1.807, 2.05) is 0 Å². The molecule has 0 aromatic heterocycles. The van der Waals surface area contributed by atoms with Gasteiger partial charge in [-0.05, 0) is 48.1 Å². The average molecular weight is 246 g/mol. The highest BCUT2D eigenvalue weighted by Gasteiger charge is 2.17. The maximum atomic E-state index is 11.4. The molecule has 0 radical (unpaired) electrons. The standard InChI is InChI=1S/C14H14O4/c1-18-14(17)11-5-6-12-9(7-11)3-2-4-10(12)8-13(15)16/h5-8H,2-4H2,1H3,(H,15,16). The number of carboxylic acids is 1. The molecule has 0 amide bonds. The number of carbonyl (C=O) groups excluding carboxylic acids is 1. The molecule has 1 aliphatic carbocycles. The van der Waals surface area contributed by atoms with Crippen LogP contribution in [0.1, 0.15) is 34.3 Å². The number of aliphatic carboxylic acids is 1. The van der Waals surface area contributed by atoms with Crippen LogP contribution in [-0.2, 0) is 16.0 Å². The number of methoxy groups -OCH3 is 1. The Morgan fingerprint density at radius 3 is 2.78 bits per heavy atom. The summed E-state index contributed by atoms with van der Waals surface area (Å²) in [6, 6.07) is 5.26. The number of carbonyl (C=O) groups is 2. The molecule has 0 saturated carbocycles. The fourth-order valence-electron chi connectivity index (χ4n) is 2.26. The van der Waals surface area contributed by atoms with E-state index in [2.05, 4.69) is 4.74 Å². The molecule has 18 heavy (non-hydrogen) atoms. The minimum absolute atomic E-state index is 0.368. The summed E-state index contributed by atoms with van der Waals surface area (Å²) in [5, 5.41) is 8.82. The van der Waals surface area contributed by atoms with Gasteiger partial charge in [0.1, 0.15) is 0 Å². The largest absolute Gasteiger partial charge is 0.478 e. The SMILES string of the molecule is COC(=O)c1ccc2c(c1)CCCC2=CC(=O)O. The van der Waals surface area contributed by atoms with E-state index in [9.17, 15) is 9.59 Å². The summed E-state index contributed by atoms with van der Waals surface area (Å²) in [5.74, 6) is -1.30. The van der Waals surface area contributed by atoms with Crippen LogP contribution in [0, 0.1) is 0 Å². The van der Waals surface area contributed by atoms with Crippen LogP contribution >= 0.6 is 0 Å². The molecule has 0 saturated heterocycles. The molecule has 0 aliphatic heterocycles. The van der Waals surface area contributed by atoms with Gasteiger partial charge in [-0.2, -0.15) is 0 Å². The summed E-state index contributed by atoms with van der Waals surface area (Å²) in [7, 11) is 1.34. The zero-order valence-electron chi connectivity index (χ0n) is 10.1. The smallest absolute Gasteiger partial charge is 0.337 e. The normalized spacial score (nSPS) is 16.2. The zero-order valence-corrected chi connectivity index (χ0v) is 10.1. The van der Waals surface area contributed by atoms with Crippen LogP contribution in [-0.4, -0.2) is 24.2 Å². The van der Waals surface area contributed by atoms with Gasteiger partial charge in [-0.3, -0.25) is 0 Å². The van der Waals surface area contributed by atoms with Crippen molar-refractivity contribution in [1.29, 1.82) is 0 Å². The molecule has 1 aromatic rings. The zero-order chi connectivity index (χ0) is 13.1. The average Bonchev–Trinajstić information content (AvgIpc) is 2.37. The Labute approximate surface area is 105 Å². The molecule has 1 N–H and O–H groups in total. The Morgan fingerprint density at radius 1 is 1.33 bits per heavy atom. The molecule has 94 valence electrons. The third-order valence-corrected chi connectivity index (χ3v) is 3.06. The highest BCUT2D eigenvalue weighted by molar-refractivity contribution is 5.93. The first-order chi connectivity index (χ1) is 8.61. The lowest BCUT2D eigenvalue weighted by molar-refractivity contribution is -0.131. The fraction of sp³-hybridized carbons (Fsp3) is 0.286. The molecular formula is C14H14O4.